The average Bonchev–Trinajstić information content (AvgIpc) is 1.90. The Kier molecular flexibility index (Phi) is 5.97. The molecule has 0 fully saturated rings. The highest BCUT2D eigenvalue weighted by Gasteiger charge is 2.11. The van der Waals surface area contributed by atoms with Gasteiger partial charge in [0.15, 0.2) is 0 Å². The maximum atomic E-state index is 5.13. The Morgan fingerprint density at radius 3 is 2.00 bits per heavy atom. The average molecular weight is 161 g/mol. The minimum absolute atomic E-state index is 0.755. The van der Waals surface area contributed by atoms with Crippen LogP contribution in [0, 0.1) is 5.92 Å². The zero-order valence-electron chi connectivity index (χ0n) is 7.31. The van der Waals surface area contributed by atoms with Gasteiger partial charge in [-0.25, -0.2) is 0 Å². The van der Waals surface area contributed by atoms with Gasteiger partial charge in [-0.05, 0) is 18.4 Å². The molecule has 0 heterocycles. The molecule has 61 valence electrons. The Morgan fingerprint density at radius 1 is 1.20 bits per heavy atom. The quantitative estimate of drug-likeness (QED) is 0.573. The molecule has 0 saturated carbocycles. The summed E-state index contributed by atoms with van der Waals surface area (Å²) in [6, 6.07) is 1.09. The predicted octanol–water partition coefficient (Wildman–Crippen LogP) is 1.81. The maximum absolute atomic E-state index is 5.13. The highest BCUT2D eigenvalue weighted by molar-refractivity contribution is 6.44. The maximum Gasteiger partial charge on any atom is 0.384 e. The molecule has 0 aromatic carbocycles. The summed E-state index contributed by atoms with van der Waals surface area (Å²) >= 11 is 0. The van der Waals surface area contributed by atoms with Gasteiger partial charge in [0.25, 0.3) is 0 Å². The zero-order chi connectivity index (χ0) is 7.98. The van der Waals surface area contributed by atoms with E-state index in [1.54, 1.807) is 14.2 Å². The molecule has 0 rings (SSSR count). The normalized spacial score (nSPS) is 11.4. The summed E-state index contributed by atoms with van der Waals surface area (Å²) in [7, 11) is 2.52. The van der Waals surface area contributed by atoms with Gasteiger partial charge in [-0.3, -0.25) is 0 Å². The zero-order valence-corrected chi connectivity index (χ0v) is 8.31. The van der Waals surface area contributed by atoms with Crippen LogP contribution < -0.4 is 0 Å². The molecule has 0 aliphatic rings. The topological polar surface area (TPSA) is 18.5 Å². The summed E-state index contributed by atoms with van der Waals surface area (Å²) in [6.07, 6.45) is 1.20. The lowest BCUT2D eigenvalue weighted by Crippen LogP contribution is -2.19. The van der Waals surface area contributed by atoms with Crippen molar-refractivity contribution in [2.75, 3.05) is 14.2 Å². The van der Waals surface area contributed by atoms with E-state index in [2.05, 4.69) is 13.8 Å². The first-order valence-corrected chi connectivity index (χ1v) is 5.16. The van der Waals surface area contributed by atoms with Gasteiger partial charge in [-0.2, -0.15) is 0 Å². The van der Waals surface area contributed by atoms with Crippen LogP contribution in [0.2, 0.25) is 6.04 Å². The van der Waals surface area contributed by atoms with Crippen molar-refractivity contribution in [1.82, 2.24) is 0 Å². The van der Waals surface area contributed by atoms with E-state index in [1.165, 1.54) is 6.42 Å². The van der Waals surface area contributed by atoms with Crippen LogP contribution in [0.25, 0.3) is 0 Å². The summed E-state index contributed by atoms with van der Waals surface area (Å²) in [4.78, 5) is 0. The smallest absolute Gasteiger partial charge is 0.384 e. The molecule has 10 heavy (non-hydrogen) atoms. The molecular formula is C7H17O2Si. The van der Waals surface area contributed by atoms with E-state index in [1.807, 2.05) is 0 Å². The minimum Gasteiger partial charge on any atom is -0.397 e. The van der Waals surface area contributed by atoms with Crippen LogP contribution >= 0.6 is 0 Å². The van der Waals surface area contributed by atoms with Crippen molar-refractivity contribution >= 4 is 9.28 Å². The fourth-order valence-electron chi connectivity index (χ4n) is 0.694. The second-order valence-electron chi connectivity index (χ2n) is 2.71. The SMILES string of the molecule is CO[Si](CCC(C)C)OC. The molecule has 0 bridgehead atoms. The number of hydrogen-bond acceptors (Lipinski definition) is 2. The lowest BCUT2D eigenvalue weighted by Gasteiger charge is -2.09. The Labute approximate surface area is 65.4 Å². The molecule has 0 aromatic heterocycles. The molecule has 2 nitrogen and oxygen atoms in total. The highest BCUT2D eigenvalue weighted by atomic mass is 28.3. The van der Waals surface area contributed by atoms with Crippen molar-refractivity contribution in [2.24, 2.45) is 5.92 Å². The summed E-state index contributed by atoms with van der Waals surface area (Å²) in [5.74, 6) is 0.755. The Balaban J connectivity index is 3.26. The molecule has 0 amide bonds. The molecule has 0 unspecified atom stereocenters. The van der Waals surface area contributed by atoms with Crippen LogP contribution in [-0.4, -0.2) is 23.5 Å². The Hall–Kier alpha value is 0.137. The van der Waals surface area contributed by atoms with Crippen LogP contribution in [0.5, 0.6) is 0 Å². The van der Waals surface area contributed by atoms with Gasteiger partial charge < -0.3 is 8.85 Å². The van der Waals surface area contributed by atoms with Gasteiger partial charge in [0.05, 0.1) is 0 Å². The van der Waals surface area contributed by atoms with Crippen LogP contribution in [0.15, 0.2) is 0 Å². The number of rotatable bonds is 5. The highest BCUT2D eigenvalue weighted by Crippen LogP contribution is 2.07. The van der Waals surface area contributed by atoms with Gasteiger partial charge in [0.2, 0.25) is 0 Å². The summed E-state index contributed by atoms with van der Waals surface area (Å²) in [5.41, 5.74) is 0. The van der Waals surface area contributed by atoms with Gasteiger partial charge in [0, 0.05) is 14.2 Å². The van der Waals surface area contributed by atoms with E-state index in [9.17, 15) is 0 Å². The first-order chi connectivity index (χ1) is 4.70. The monoisotopic (exact) mass is 161 g/mol. The molecule has 0 aliphatic heterocycles. The molecule has 1 radical (unpaired) electrons. The first-order valence-electron chi connectivity index (χ1n) is 3.64. The fourth-order valence-corrected chi connectivity index (χ4v) is 2.08. The standard InChI is InChI=1S/C7H17O2Si/c1-7(2)5-6-10(8-3)9-4/h7H,5-6H2,1-4H3. The van der Waals surface area contributed by atoms with E-state index in [4.69, 9.17) is 8.85 Å². The van der Waals surface area contributed by atoms with Gasteiger partial charge in [-0.15, -0.1) is 0 Å². The lowest BCUT2D eigenvalue weighted by atomic mass is 10.2. The van der Waals surface area contributed by atoms with Crippen LogP contribution in [-0.2, 0) is 8.85 Å². The van der Waals surface area contributed by atoms with Crippen molar-refractivity contribution in [1.29, 1.82) is 0 Å². The molecule has 3 heteroatoms. The minimum atomic E-state index is -0.918. The number of hydrogen-bond donors (Lipinski definition) is 0. The van der Waals surface area contributed by atoms with Crippen molar-refractivity contribution < 1.29 is 8.85 Å². The van der Waals surface area contributed by atoms with Crippen molar-refractivity contribution in [2.45, 2.75) is 26.3 Å². The van der Waals surface area contributed by atoms with Crippen LogP contribution in [0.3, 0.4) is 0 Å². The van der Waals surface area contributed by atoms with Crippen molar-refractivity contribution in [3.63, 3.8) is 0 Å². The van der Waals surface area contributed by atoms with E-state index in [0.29, 0.717) is 0 Å². The largest absolute Gasteiger partial charge is 0.397 e. The molecule has 0 aromatic rings. The molecule has 0 saturated heterocycles. The van der Waals surface area contributed by atoms with Crippen molar-refractivity contribution in [3.05, 3.63) is 0 Å². The van der Waals surface area contributed by atoms with E-state index in [-0.39, 0.29) is 0 Å². The predicted molar refractivity (Wildman–Crippen MR) is 44.0 cm³/mol. The molecule has 0 aliphatic carbocycles. The van der Waals surface area contributed by atoms with E-state index < -0.39 is 9.28 Å². The second kappa shape index (κ2) is 5.89. The van der Waals surface area contributed by atoms with Crippen LogP contribution in [0.4, 0.5) is 0 Å². The van der Waals surface area contributed by atoms with Gasteiger partial charge in [0.1, 0.15) is 0 Å². The summed E-state index contributed by atoms with van der Waals surface area (Å²) in [6.45, 7) is 4.43. The van der Waals surface area contributed by atoms with Gasteiger partial charge >= 0.3 is 9.28 Å². The first kappa shape index (κ1) is 10.1. The molecule has 0 atom stereocenters. The third-order valence-corrected chi connectivity index (χ3v) is 2.99. The third kappa shape index (κ3) is 4.96. The molecule has 0 N–H and O–H groups in total. The second-order valence-corrected chi connectivity index (χ2v) is 4.77. The van der Waals surface area contributed by atoms with Crippen molar-refractivity contribution in [3.8, 4) is 0 Å². The van der Waals surface area contributed by atoms with E-state index in [0.717, 1.165) is 12.0 Å². The Morgan fingerprint density at radius 2 is 1.70 bits per heavy atom. The van der Waals surface area contributed by atoms with Gasteiger partial charge in [-0.1, -0.05) is 13.8 Å². The molecular weight excluding hydrogens is 144 g/mol. The summed E-state index contributed by atoms with van der Waals surface area (Å²) < 4.78 is 10.3. The third-order valence-electron chi connectivity index (χ3n) is 1.38. The summed E-state index contributed by atoms with van der Waals surface area (Å²) in [5, 5.41) is 0. The lowest BCUT2D eigenvalue weighted by molar-refractivity contribution is 0.274. The fraction of sp³-hybridized carbons (Fsp3) is 1.00. The van der Waals surface area contributed by atoms with Crippen LogP contribution in [0.1, 0.15) is 20.3 Å². The Bertz CT molecular complexity index is 72.0. The molecule has 0 spiro atoms. The van der Waals surface area contributed by atoms with E-state index >= 15 is 0 Å².